The van der Waals surface area contributed by atoms with Gasteiger partial charge in [0.05, 0.1) is 33.5 Å². The van der Waals surface area contributed by atoms with Crippen LogP contribution >= 0.6 is 11.6 Å². The van der Waals surface area contributed by atoms with Gasteiger partial charge in [-0.25, -0.2) is 4.39 Å². The van der Waals surface area contributed by atoms with E-state index in [1.165, 1.54) is 0 Å². The molecule has 0 saturated carbocycles. The van der Waals surface area contributed by atoms with Gasteiger partial charge >= 0.3 is 0 Å². The largest absolute Gasteiger partial charge is 0.351 e. The quantitative estimate of drug-likeness (QED) is 0.549. The van der Waals surface area contributed by atoms with Crippen LogP contribution in [0, 0.1) is 5.82 Å². The van der Waals surface area contributed by atoms with Crippen molar-refractivity contribution in [3.05, 3.63) is 65.0 Å². The average molecular weight is 369 g/mol. The number of H-pyrrole nitrogens is 1. The molecule has 7 heteroatoms. The molecule has 0 bridgehead atoms. The monoisotopic (exact) mass is 368 g/mol. The minimum Gasteiger partial charge on any atom is -0.351 e. The first kappa shape index (κ1) is 16.5. The normalized spacial score (nSPS) is 11.2. The fourth-order valence-electron chi connectivity index (χ4n) is 3.06. The Morgan fingerprint density at radius 2 is 2.15 bits per heavy atom. The molecule has 2 N–H and O–H groups in total. The highest BCUT2D eigenvalue weighted by Crippen LogP contribution is 2.36. The minimum absolute atomic E-state index is 0.0135. The first-order valence-electron chi connectivity index (χ1n) is 8.08. The molecule has 130 valence electrons. The Hall–Kier alpha value is -2.99. The number of aromatic nitrogens is 3. The third-order valence-electron chi connectivity index (χ3n) is 4.30. The van der Waals surface area contributed by atoms with E-state index in [0.717, 1.165) is 10.9 Å². The van der Waals surface area contributed by atoms with Crippen LogP contribution in [0.4, 0.5) is 10.1 Å². The summed E-state index contributed by atoms with van der Waals surface area (Å²) in [5, 5.41) is 4.16. The summed E-state index contributed by atoms with van der Waals surface area (Å²) in [6.07, 6.45) is 5.50. The van der Waals surface area contributed by atoms with Crippen molar-refractivity contribution in [2.24, 2.45) is 0 Å². The maximum Gasteiger partial charge on any atom is 0.257 e. The number of benzene rings is 1. The molecule has 0 unspecified atom stereocenters. The number of hydrogen-bond acceptors (Lipinski definition) is 3. The van der Waals surface area contributed by atoms with Gasteiger partial charge in [-0.3, -0.25) is 14.8 Å². The summed E-state index contributed by atoms with van der Waals surface area (Å²) < 4.78 is 14.7. The van der Waals surface area contributed by atoms with Crippen LogP contribution in [0.25, 0.3) is 21.8 Å². The van der Waals surface area contributed by atoms with Crippen molar-refractivity contribution in [2.45, 2.75) is 13.3 Å². The number of fused-ring (bicyclic) bond motifs is 3. The molecule has 0 atom stereocenters. The molecule has 26 heavy (non-hydrogen) atoms. The van der Waals surface area contributed by atoms with Gasteiger partial charge in [0, 0.05) is 23.2 Å². The smallest absolute Gasteiger partial charge is 0.257 e. The van der Waals surface area contributed by atoms with Gasteiger partial charge in [0.25, 0.3) is 5.91 Å². The Bertz CT molecular complexity index is 1160. The van der Waals surface area contributed by atoms with Crippen molar-refractivity contribution in [1.82, 2.24) is 15.0 Å². The molecule has 4 aromatic rings. The molecule has 1 aromatic carbocycles. The summed E-state index contributed by atoms with van der Waals surface area (Å²) in [4.78, 5) is 24.1. The van der Waals surface area contributed by atoms with Gasteiger partial charge in [0.1, 0.15) is 5.69 Å². The highest BCUT2D eigenvalue weighted by atomic mass is 35.5. The molecule has 0 aliphatic heterocycles. The molecule has 0 aliphatic rings. The number of aromatic amines is 1. The molecule has 0 spiro atoms. The van der Waals surface area contributed by atoms with E-state index in [1.807, 2.05) is 13.0 Å². The second-order valence-electron chi connectivity index (χ2n) is 5.82. The molecule has 0 saturated heterocycles. The van der Waals surface area contributed by atoms with Crippen LogP contribution in [-0.2, 0) is 6.42 Å². The number of carbonyl (C=O) groups is 1. The van der Waals surface area contributed by atoms with Crippen LogP contribution < -0.4 is 5.32 Å². The number of pyridine rings is 2. The van der Waals surface area contributed by atoms with Crippen LogP contribution in [0.2, 0.25) is 5.02 Å². The summed E-state index contributed by atoms with van der Waals surface area (Å²) in [5.41, 5.74) is 2.25. The van der Waals surface area contributed by atoms with Gasteiger partial charge in [-0.2, -0.15) is 0 Å². The van der Waals surface area contributed by atoms with Crippen molar-refractivity contribution in [3.8, 4) is 0 Å². The fraction of sp³-hybridized carbons (Fsp3) is 0.105. The van der Waals surface area contributed by atoms with Gasteiger partial charge in [-0.15, -0.1) is 0 Å². The lowest BCUT2D eigenvalue weighted by atomic mass is 10.1. The van der Waals surface area contributed by atoms with Crippen molar-refractivity contribution in [1.29, 1.82) is 0 Å². The van der Waals surface area contributed by atoms with E-state index in [4.69, 9.17) is 11.6 Å². The van der Waals surface area contributed by atoms with Crippen molar-refractivity contribution < 1.29 is 9.18 Å². The number of rotatable bonds is 3. The number of nitrogens with zero attached hydrogens (tertiary/aromatic N) is 2. The molecule has 0 radical (unpaired) electrons. The summed E-state index contributed by atoms with van der Waals surface area (Å²) in [5.74, 6) is -1.12. The molecule has 0 aliphatic carbocycles. The van der Waals surface area contributed by atoms with Crippen LogP contribution in [0.1, 0.15) is 23.0 Å². The molecule has 0 fully saturated rings. The highest BCUT2D eigenvalue weighted by molar-refractivity contribution is 6.33. The lowest BCUT2D eigenvalue weighted by molar-refractivity contribution is 0.102. The van der Waals surface area contributed by atoms with Crippen LogP contribution in [0.5, 0.6) is 0 Å². The van der Waals surface area contributed by atoms with Crippen LogP contribution in [0.15, 0.2) is 42.9 Å². The van der Waals surface area contributed by atoms with Gasteiger partial charge in [-0.1, -0.05) is 18.5 Å². The minimum atomic E-state index is -0.686. The lowest BCUT2D eigenvalue weighted by Crippen LogP contribution is -2.16. The average Bonchev–Trinajstić information content (AvgIpc) is 3.03. The Labute approximate surface area is 153 Å². The summed E-state index contributed by atoms with van der Waals surface area (Å²) >= 11 is 6.07. The van der Waals surface area contributed by atoms with E-state index >= 15 is 0 Å². The topological polar surface area (TPSA) is 70.7 Å². The second kappa shape index (κ2) is 6.38. The molecular formula is C19H14ClFN4O. The molecule has 3 heterocycles. The van der Waals surface area contributed by atoms with Crippen LogP contribution in [-0.4, -0.2) is 20.9 Å². The van der Waals surface area contributed by atoms with Crippen LogP contribution in [0.3, 0.4) is 0 Å². The van der Waals surface area contributed by atoms with E-state index in [9.17, 15) is 9.18 Å². The fourth-order valence-corrected chi connectivity index (χ4v) is 3.26. The first-order chi connectivity index (χ1) is 12.6. The first-order valence-corrected chi connectivity index (χ1v) is 8.46. The number of carbonyl (C=O) groups excluding carboxylic acids is 1. The maximum absolute atomic E-state index is 14.7. The SMILES string of the molecule is CCc1ncccc1C(=O)Nc1c(F)c(Cl)cc2c1[nH]c1cnccc12. The lowest BCUT2D eigenvalue weighted by Gasteiger charge is -2.11. The van der Waals surface area contributed by atoms with Gasteiger partial charge < -0.3 is 10.3 Å². The zero-order valence-electron chi connectivity index (χ0n) is 13.8. The Kier molecular flexibility index (Phi) is 4.05. The maximum atomic E-state index is 14.7. The van der Waals surface area contributed by atoms with E-state index < -0.39 is 11.7 Å². The highest BCUT2D eigenvalue weighted by Gasteiger charge is 2.20. The molecular weight excluding hydrogens is 355 g/mol. The Morgan fingerprint density at radius 1 is 1.31 bits per heavy atom. The van der Waals surface area contributed by atoms with E-state index in [2.05, 4.69) is 20.3 Å². The number of nitrogens with one attached hydrogen (secondary N) is 2. The van der Waals surface area contributed by atoms with E-state index in [-0.39, 0.29) is 10.7 Å². The summed E-state index contributed by atoms with van der Waals surface area (Å²) in [6, 6.07) is 6.69. The Balaban J connectivity index is 1.88. The van der Waals surface area contributed by atoms with Crippen molar-refractivity contribution in [2.75, 3.05) is 5.32 Å². The van der Waals surface area contributed by atoms with Gasteiger partial charge in [0.2, 0.25) is 0 Å². The van der Waals surface area contributed by atoms with E-state index in [1.54, 1.807) is 36.8 Å². The standard InChI is InChI=1S/C19H14ClFN4O/c1-2-14-11(4-3-6-23-14)19(26)25-18-16(21)13(20)8-12-10-5-7-22-9-15(10)24-17(12)18/h3-9,24H,2H2,1H3,(H,25,26). The Morgan fingerprint density at radius 3 is 2.96 bits per heavy atom. The predicted molar refractivity (Wildman–Crippen MR) is 100 cm³/mol. The van der Waals surface area contributed by atoms with Gasteiger partial charge in [-0.05, 0) is 30.7 Å². The third-order valence-corrected chi connectivity index (χ3v) is 4.57. The molecule has 1 amide bonds. The van der Waals surface area contributed by atoms with Crippen molar-refractivity contribution in [3.63, 3.8) is 0 Å². The zero-order valence-corrected chi connectivity index (χ0v) is 14.6. The number of anilines is 1. The second-order valence-corrected chi connectivity index (χ2v) is 6.23. The van der Waals surface area contributed by atoms with E-state index in [0.29, 0.717) is 28.6 Å². The zero-order chi connectivity index (χ0) is 18.3. The van der Waals surface area contributed by atoms with Crippen molar-refractivity contribution >= 4 is 45.0 Å². The number of aryl methyl sites for hydroxylation is 1. The summed E-state index contributed by atoms with van der Waals surface area (Å²) in [7, 11) is 0. The number of hydrogen-bond donors (Lipinski definition) is 2. The molecule has 3 aromatic heterocycles. The third kappa shape index (κ3) is 2.59. The number of halogens is 2. The molecule has 4 rings (SSSR count). The predicted octanol–water partition coefficient (Wildman–Crippen LogP) is 4.72. The molecule has 5 nitrogen and oxygen atoms in total. The number of amides is 1. The summed E-state index contributed by atoms with van der Waals surface area (Å²) in [6.45, 7) is 1.90. The van der Waals surface area contributed by atoms with Gasteiger partial charge in [0.15, 0.2) is 5.82 Å².